The first-order valence-corrected chi connectivity index (χ1v) is 8.61. The molecule has 2 saturated heterocycles. The number of halogens is 1. The molecule has 0 radical (unpaired) electrons. The van der Waals surface area contributed by atoms with Crippen LogP contribution in [0.2, 0.25) is 0 Å². The van der Waals surface area contributed by atoms with Crippen LogP contribution in [0.1, 0.15) is 32.1 Å². The van der Waals surface area contributed by atoms with Crippen molar-refractivity contribution in [1.82, 2.24) is 4.31 Å². The minimum atomic E-state index is -3.30. The van der Waals surface area contributed by atoms with E-state index >= 15 is 0 Å². The number of rotatable bonds is 2. The van der Waals surface area contributed by atoms with Crippen molar-refractivity contribution in [3.63, 3.8) is 0 Å². The molecule has 2 bridgehead atoms. The summed E-state index contributed by atoms with van der Waals surface area (Å²) in [6.45, 7) is 0. The van der Waals surface area contributed by atoms with Crippen LogP contribution in [0.25, 0.3) is 0 Å². The average Bonchev–Trinajstić information content (AvgIpc) is 2.62. The molecular formula is C13H16BrNO2S. The molecular weight excluding hydrogens is 314 g/mol. The lowest BCUT2D eigenvalue weighted by molar-refractivity contribution is 0.248. The standard InChI is InChI=1S/C13H16BrNO2S/c14-10-4-8-13(9-5-10)18(16,17)15-11-2-1-3-12(15)7-6-11/h4-5,8-9,11-12H,1-3,6-7H2. The number of fused-ring (bicyclic) bond motifs is 2. The highest BCUT2D eigenvalue weighted by Crippen LogP contribution is 2.39. The van der Waals surface area contributed by atoms with Crippen molar-refractivity contribution in [2.75, 3.05) is 0 Å². The second-order valence-corrected chi connectivity index (χ2v) is 7.86. The molecule has 3 rings (SSSR count). The molecule has 0 aliphatic carbocycles. The molecule has 98 valence electrons. The Bertz CT molecular complexity index is 525. The monoisotopic (exact) mass is 329 g/mol. The normalized spacial score (nSPS) is 28.5. The summed E-state index contributed by atoms with van der Waals surface area (Å²) in [6, 6.07) is 7.42. The van der Waals surface area contributed by atoms with Crippen molar-refractivity contribution in [3.05, 3.63) is 28.7 Å². The minimum absolute atomic E-state index is 0.234. The van der Waals surface area contributed by atoms with Gasteiger partial charge in [-0.2, -0.15) is 4.31 Å². The van der Waals surface area contributed by atoms with Gasteiger partial charge in [0.15, 0.2) is 0 Å². The van der Waals surface area contributed by atoms with Gasteiger partial charge >= 0.3 is 0 Å². The Labute approximate surface area is 116 Å². The lowest BCUT2D eigenvalue weighted by Crippen LogP contribution is -2.43. The fourth-order valence-corrected chi connectivity index (χ4v) is 5.38. The van der Waals surface area contributed by atoms with Gasteiger partial charge in [0.05, 0.1) is 4.90 Å². The molecule has 18 heavy (non-hydrogen) atoms. The van der Waals surface area contributed by atoms with E-state index in [0.29, 0.717) is 4.90 Å². The van der Waals surface area contributed by atoms with Gasteiger partial charge in [-0.3, -0.25) is 0 Å². The van der Waals surface area contributed by atoms with Gasteiger partial charge in [0.25, 0.3) is 0 Å². The van der Waals surface area contributed by atoms with E-state index in [1.807, 2.05) is 0 Å². The van der Waals surface area contributed by atoms with Crippen LogP contribution in [0.4, 0.5) is 0 Å². The van der Waals surface area contributed by atoms with Crippen molar-refractivity contribution in [1.29, 1.82) is 0 Å². The van der Waals surface area contributed by atoms with Gasteiger partial charge in [-0.05, 0) is 49.9 Å². The topological polar surface area (TPSA) is 37.4 Å². The quantitative estimate of drug-likeness (QED) is 0.835. The molecule has 2 atom stereocenters. The molecule has 0 spiro atoms. The number of hydrogen-bond acceptors (Lipinski definition) is 2. The van der Waals surface area contributed by atoms with Gasteiger partial charge in [0.2, 0.25) is 10.0 Å². The molecule has 0 N–H and O–H groups in total. The second kappa shape index (κ2) is 4.62. The summed E-state index contributed by atoms with van der Waals surface area (Å²) in [5.74, 6) is 0. The number of benzene rings is 1. The molecule has 2 unspecified atom stereocenters. The summed E-state index contributed by atoms with van der Waals surface area (Å²) in [5.41, 5.74) is 0. The fraction of sp³-hybridized carbons (Fsp3) is 0.538. The highest BCUT2D eigenvalue weighted by atomic mass is 79.9. The van der Waals surface area contributed by atoms with E-state index in [2.05, 4.69) is 15.9 Å². The second-order valence-electron chi connectivity index (χ2n) is 5.10. The molecule has 1 aromatic rings. The average molecular weight is 330 g/mol. The van der Waals surface area contributed by atoms with Crippen LogP contribution < -0.4 is 0 Å². The fourth-order valence-electron chi connectivity index (χ4n) is 3.19. The van der Waals surface area contributed by atoms with Crippen molar-refractivity contribution < 1.29 is 8.42 Å². The SMILES string of the molecule is O=S(=O)(c1ccc(Br)cc1)N1C2CCCC1CC2. The first kappa shape index (κ1) is 12.6. The third-order valence-corrected chi connectivity index (χ3v) is 6.56. The van der Waals surface area contributed by atoms with E-state index in [9.17, 15) is 8.42 Å². The summed E-state index contributed by atoms with van der Waals surface area (Å²) in [5, 5.41) is 0. The van der Waals surface area contributed by atoms with Crippen LogP contribution in [0, 0.1) is 0 Å². The van der Waals surface area contributed by atoms with Gasteiger partial charge in [0, 0.05) is 16.6 Å². The first-order valence-electron chi connectivity index (χ1n) is 6.38. The first-order chi connectivity index (χ1) is 8.59. The molecule has 1 aromatic carbocycles. The van der Waals surface area contributed by atoms with Crippen LogP contribution in [-0.4, -0.2) is 24.8 Å². The van der Waals surface area contributed by atoms with Crippen molar-refractivity contribution in [3.8, 4) is 0 Å². The maximum Gasteiger partial charge on any atom is 0.243 e. The highest BCUT2D eigenvalue weighted by molar-refractivity contribution is 9.10. The van der Waals surface area contributed by atoms with E-state index in [1.54, 1.807) is 28.6 Å². The molecule has 2 aliphatic heterocycles. The maximum absolute atomic E-state index is 12.7. The number of nitrogens with zero attached hydrogens (tertiary/aromatic N) is 1. The highest BCUT2D eigenvalue weighted by Gasteiger charge is 2.44. The summed E-state index contributed by atoms with van der Waals surface area (Å²) in [7, 11) is -3.30. The van der Waals surface area contributed by atoms with Gasteiger partial charge in [-0.15, -0.1) is 0 Å². The van der Waals surface area contributed by atoms with E-state index < -0.39 is 10.0 Å². The van der Waals surface area contributed by atoms with Crippen LogP contribution in [0.5, 0.6) is 0 Å². The van der Waals surface area contributed by atoms with Gasteiger partial charge in [0.1, 0.15) is 0 Å². The summed E-state index contributed by atoms with van der Waals surface area (Å²) >= 11 is 3.34. The Morgan fingerprint density at radius 2 is 1.56 bits per heavy atom. The predicted molar refractivity (Wildman–Crippen MR) is 73.8 cm³/mol. The Kier molecular flexibility index (Phi) is 3.24. The Morgan fingerprint density at radius 1 is 1.00 bits per heavy atom. The molecule has 0 amide bonds. The number of hydrogen-bond donors (Lipinski definition) is 0. The Morgan fingerprint density at radius 3 is 2.11 bits per heavy atom. The van der Waals surface area contributed by atoms with E-state index in [-0.39, 0.29) is 12.1 Å². The van der Waals surface area contributed by atoms with Crippen LogP contribution in [-0.2, 0) is 10.0 Å². The van der Waals surface area contributed by atoms with Gasteiger partial charge < -0.3 is 0 Å². The van der Waals surface area contributed by atoms with E-state index in [0.717, 1.165) is 30.2 Å². The van der Waals surface area contributed by atoms with Crippen molar-refractivity contribution in [2.24, 2.45) is 0 Å². The molecule has 2 heterocycles. The zero-order valence-electron chi connectivity index (χ0n) is 10.0. The largest absolute Gasteiger partial charge is 0.243 e. The van der Waals surface area contributed by atoms with Gasteiger partial charge in [-0.1, -0.05) is 22.4 Å². The van der Waals surface area contributed by atoms with Gasteiger partial charge in [-0.25, -0.2) is 8.42 Å². The minimum Gasteiger partial charge on any atom is -0.207 e. The molecule has 3 nitrogen and oxygen atoms in total. The lowest BCUT2D eigenvalue weighted by atomic mass is 10.1. The third kappa shape index (κ3) is 2.02. The Balaban J connectivity index is 1.97. The zero-order valence-corrected chi connectivity index (χ0v) is 12.5. The number of piperidine rings is 1. The smallest absolute Gasteiger partial charge is 0.207 e. The summed E-state index contributed by atoms with van der Waals surface area (Å²) in [4.78, 5) is 0.421. The zero-order chi connectivity index (χ0) is 12.8. The van der Waals surface area contributed by atoms with Crippen LogP contribution >= 0.6 is 15.9 Å². The molecule has 0 aromatic heterocycles. The molecule has 5 heteroatoms. The van der Waals surface area contributed by atoms with E-state index in [4.69, 9.17) is 0 Å². The molecule has 2 fully saturated rings. The lowest BCUT2D eigenvalue weighted by Gasteiger charge is -2.33. The number of sulfonamides is 1. The van der Waals surface area contributed by atoms with E-state index in [1.165, 1.54) is 6.42 Å². The summed E-state index contributed by atoms with van der Waals surface area (Å²) < 4.78 is 28.0. The van der Waals surface area contributed by atoms with Crippen LogP contribution in [0.15, 0.2) is 33.6 Å². The third-order valence-electron chi connectivity index (χ3n) is 4.02. The molecule has 2 aliphatic rings. The predicted octanol–water partition coefficient (Wildman–Crippen LogP) is 3.15. The molecule has 0 saturated carbocycles. The Hall–Kier alpha value is -0.390. The van der Waals surface area contributed by atoms with Crippen molar-refractivity contribution >= 4 is 26.0 Å². The maximum atomic E-state index is 12.7. The van der Waals surface area contributed by atoms with Crippen molar-refractivity contribution in [2.45, 2.75) is 49.1 Å². The van der Waals surface area contributed by atoms with Crippen LogP contribution in [0.3, 0.4) is 0 Å². The summed E-state index contributed by atoms with van der Waals surface area (Å²) in [6.07, 6.45) is 5.26.